The summed E-state index contributed by atoms with van der Waals surface area (Å²) in [5.74, 6) is 0. The van der Waals surface area contributed by atoms with Gasteiger partial charge in [0.2, 0.25) is 0 Å². The van der Waals surface area contributed by atoms with Crippen LogP contribution in [0.15, 0.2) is 0 Å². The largest absolute Gasteiger partial charge is 0.396 e. The first-order chi connectivity index (χ1) is 6.83. The van der Waals surface area contributed by atoms with Crippen molar-refractivity contribution in [1.29, 1.82) is 0 Å². The summed E-state index contributed by atoms with van der Waals surface area (Å²) in [7, 11) is 0. The number of aliphatic hydroxyl groups is 2. The minimum Gasteiger partial charge on any atom is -0.396 e. The summed E-state index contributed by atoms with van der Waals surface area (Å²) < 4.78 is 0. The normalized spacial score (nSPS) is 18.4. The highest BCUT2D eigenvalue weighted by Crippen LogP contribution is 2.44. The molecular formula is C11H23NO2. The van der Waals surface area contributed by atoms with Crippen molar-refractivity contribution in [2.24, 2.45) is 5.41 Å². The third kappa shape index (κ3) is 4.40. The highest BCUT2D eigenvalue weighted by Gasteiger charge is 2.41. The lowest BCUT2D eigenvalue weighted by atomic mass is 10.1. The van der Waals surface area contributed by atoms with Gasteiger partial charge in [-0.1, -0.05) is 12.8 Å². The van der Waals surface area contributed by atoms with E-state index in [-0.39, 0.29) is 5.41 Å². The van der Waals surface area contributed by atoms with Crippen LogP contribution in [0, 0.1) is 5.41 Å². The lowest BCUT2D eigenvalue weighted by Crippen LogP contribution is -2.27. The van der Waals surface area contributed by atoms with Gasteiger partial charge < -0.3 is 15.5 Å². The first kappa shape index (κ1) is 12.0. The first-order valence-electron chi connectivity index (χ1n) is 5.75. The van der Waals surface area contributed by atoms with Gasteiger partial charge in [-0.05, 0) is 32.2 Å². The fourth-order valence-electron chi connectivity index (χ4n) is 1.64. The molecule has 1 fully saturated rings. The zero-order valence-electron chi connectivity index (χ0n) is 8.97. The van der Waals surface area contributed by atoms with Crippen LogP contribution in [0.5, 0.6) is 0 Å². The Balaban J connectivity index is 1.80. The molecule has 1 rings (SSSR count). The quantitative estimate of drug-likeness (QED) is 0.486. The van der Waals surface area contributed by atoms with Gasteiger partial charge in [-0.25, -0.2) is 0 Å². The molecule has 3 heteroatoms. The summed E-state index contributed by atoms with van der Waals surface area (Å²) in [5, 5.41) is 21.0. The van der Waals surface area contributed by atoms with Crippen LogP contribution in [0.3, 0.4) is 0 Å². The van der Waals surface area contributed by atoms with Crippen molar-refractivity contribution in [3.8, 4) is 0 Å². The molecule has 1 saturated carbocycles. The topological polar surface area (TPSA) is 52.5 Å². The van der Waals surface area contributed by atoms with Gasteiger partial charge in [-0.3, -0.25) is 0 Å². The second kappa shape index (κ2) is 6.38. The molecule has 0 unspecified atom stereocenters. The van der Waals surface area contributed by atoms with E-state index in [4.69, 9.17) is 10.2 Å². The number of unbranched alkanes of at least 4 members (excludes halogenated alkanes) is 3. The standard InChI is InChI=1S/C11H23NO2/c13-8-4-2-1-3-7-12-9-11(10-14)5-6-11/h12-14H,1-10H2. The second-order valence-corrected chi connectivity index (χ2v) is 4.47. The molecule has 0 heterocycles. The number of hydrogen-bond donors (Lipinski definition) is 3. The summed E-state index contributed by atoms with van der Waals surface area (Å²) in [6, 6.07) is 0. The van der Waals surface area contributed by atoms with Gasteiger partial charge in [0, 0.05) is 25.2 Å². The van der Waals surface area contributed by atoms with E-state index in [9.17, 15) is 0 Å². The van der Waals surface area contributed by atoms with Crippen molar-refractivity contribution >= 4 is 0 Å². The Labute approximate surface area is 86.5 Å². The Kier molecular flexibility index (Phi) is 5.45. The Morgan fingerprint density at radius 2 is 1.71 bits per heavy atom. The van der Waals surface area contributed by atoms with Crippen LogP contribution in [0.2, 0.25) is 0 Å². The Bertz CT molecular complexity index is 146. The maximum atomic E-state index is 9.06. The smallest absolute Gasteiger partial charge is 0.0499 e. The van der Waals surface area contributed by atoms with E-state index < -0.39 is 0 Å². The molecule has 0 saturated heterocycles. The minimum absolute atomic E-state index is 0.241. The molecule has 0 radical (unpaired) electrons. The van der Waals surface area contributed by atoms with Crippen molar-refractivity contribution < 1.29 is 10.2 Å². The fourth-order valence-corrected chi connectivity index (χ4v) is 1.64. The van der Waals surface area contributed by atoms with Crippen molar-refractivity contribution in [3.63, 3.8) is 0 Å². The lowest BCUT2D eigenvalue weighted by molar-refractivity contribution is 0.207. The second-order valence-electron chi connectivity index (χ2n) is 4.47. The van der Waals surface area contributed by atoms with Crippen molar-refractivity contribution in [2.75, 3.05) is 26.3 Å². The molecule has 0 atom stereocenters. The summed E-state index contributed by atoms with van der Waals surface area (Å²) in [5.41, 5.74) is 0.241. The third-order valence-corrected chi connectivity index (χ3v) is 3.05. The summed E-state index contributed by atoms with van der Waals surface area (Å²) in [4.78, 5) is 0. The molecule has 0 aromatic rings. The Morgan fingerprint density at radius 3 is 2.29 bits per heavy atom. The van der Waals surface area contributed by atoms with E-state index in [1.54, 1.807) is 0 Å². The van der Waals surface area contributed by atoms with Crippen LogP contribution in [0.25, 0.3) is 0 Å². The highest BCUT2D eigenvalue weighted by atomic mass is 16.3. The molecule has 14 heavy (non-hydrogen) atoms. The van der Waals surface area contributed by atoms with E-state index >= 15 is 0 Å². The van der Waals surface area contributed by atoms with Crippen molar-refractivity contribution in [1.82, 2.24) is 5.32 Å². The van der Waals surface area contributed by atoms with E-state index in [0.717, 1.165) is 25.9 Å². The Hall–Kier alpha value is -0.120. The van der Waals surface area contributed by atoms with E-state index in [1.807, 2.05) is 0 Å². The van der Waals surface area contributed by atoms with Gasteiger partial charge in [0.1, 0.15) is 0 Å². The molecule has 3 N–H and O–H groups in total. The number of rotatable bonds is 9. The van der Waals surface area contributed by atoms with E-state index in [2.05, 4.69) is 5.32 Å². The van der Waals surface area contributed by atoms with Gasteiger partial charge in [0.15, 0.2) is 0 Å². The van der Waals surface area contributed by atoms with Crippen LogP contribution < -0.4 is 5.32 Å². The molecular weight excluding hydrogens is 178 g/mol. The summed E-state index contributed by atoms with van der Waals surface area (Å²) >= 11 is 0. The molecule has 0 spiro atoms. The minimum atomic E-state index is 0.241. The van der Waals surface area contributed by atoms with Gasteiger partial charge in [0.05, 0.1) is 0 Å². The maximum Gasteiger partial charge on any atom is 0.0499 e. The van der Waals surface area contributed by atoms with Crippen LogP contribution in [0.4, 0.5) is 0 Å². The van der Waals surface area contributed by atoms with E-state index in [1.165, 1.54) is 25.7 Å². The van der Waals surface area contributed by atoms with Crippen LogP contribution in [-0.2, 0) is 0 Å². The molecule has 0 amide bonds. The van der Waals surface area contributed by atoms with Crippen LogP contribution in [-0.4, -0.2) is 36.5 Å². The zero-order valence-corrected chi connectivity index (χ0v) is 8.97. The molecule has 0 bridgehead atoms. The molecule has 84 valence electrons. The Morgan fingerprint density at radius 1 is 1.00 bits per heavy atom. The maximum absolute atomic E-state index is 9.06. The zero-order chi connectivity index (χ0) is 10.3. The monoisotopic (exact) mass is 201 g/mol. The molecule has 0 aromatic carbocycles. The predicted molar refractivity (Wildman–Crippen MR) is 57.2 cm³/mol. The average Bonchev–Trinajstić information content (AvgIpc) is 2.98. The average molecular weight is 201 g/mol. The van der Waals surface area contributed by atoms with Crippen molar-refractivity contribution in [3.05, 3.63) is 0 Å². The molecule has 1 aliphatic rings. The molecule has 0 aliphatic heterocycles. The SMILES string of the molecule is OCCCCCCNCC1(CO)CC1. The van der Waals surface area contributed by atoms with Crippen molar-refractivity contribution in [2.45, 2.75) is 38.5 Å². The van der Waals surface area contributed by atoms with Crippen LogP contribution in [0.1, 0.15) is 38.5 Å². The van der Waals surface area contributed by atoms with Gasteiger partial charge in [-0.2, -0.15) is 0 Å². The molecule has 1 aliphatic carbocycles. The summed E-state index contributed by atoms with van der Waals surface area (Å²) in [6.45, 7) is 2.68. The predicted octanol–water partition coefficient (Wildman–Crippen LogP) is 0.901. The fraction of sp³-hybridized carbons (Fsp3) is 1.00. The third-order valence-electron chi connectivity index (χ3n) is 3.05. The highest BCUT2D eigenvalue weighted by molar-refractivity contribution is 4.94. The van der Waals surface area contributed by atoms with Crippen LogP contribution >= 0.6 is 0 Å². The van der Waals surface area contributed by atoms with E-state index in [0.29, 0.717) is 13.2 Å². The first-order valence-corrected chi connectivity index (χ1v) is 5.75. The number of hydrogen-bond acceptors (Lipinski definition) is 3. The molecule has 3 nitrogen and oxygen atoms in total. The van der Waals surface area contributed by atoms with Gasteiger partial charge in [-0.15, -0.1) is 0 Å². The number of nitrogens with one attached hydrogen (secondary N) is 1. The summed E-state index contributed by atoms with van der Waals surface area (Å²) in [6.07, 6.45) is 6.80. The molecule has 0 aromatic heterocycles. The number of aliphatic hydroxyl groups excluding tert-OH is 2. The van der Waals surface area contributed by atoms with Gasteiger partial charge in [0.25, 0.3) is 0 Å². The van der Waals surface area contributed by atoms with Gasteiger partial charge >= 0.3 is 0 Å². The lowest BCUT2D eigenvalue weighted by Gasteiger charge is -2.12.